The standard InChI is InChI=1S/C14H19FN2O.ClH/c1-9-3-4-12(15)11(7-9)14(18)17-13-8-16-6-5-10(13)2;/h3-4,7,10,13,16H,5-6,8H2,1-2H3,(H,17,18);1H. The highest BCUT2D eigenvalue weighted by Gasteiger charge is 2.24. The minimum atomic E-state index is -0.463. The van der Waals surface area contributed by atoms with E-state index in [2.05, 4.69) is 17.6 Å². The molecule has 2 atom stereocenters. The zero-order valence-corrected chi connectivity index (χ0v) is 12.0. The van der Waals surface area contributed by atoms with Gasteiger partial charge in [-0.2, -0.15) is 0 Å². The van der Waals surface area contributed by atoms with Gasteiger partial charge in [0.25, 0.3) is 5.91 Å². The SMILES string of the molecule is Cc1ccc(F)c(C(=O)NC2CNCCC2C)c1.Cl. The number of piperidine rings is 1. The van der Waals surface area contributed by atoms with Crippen LogP contribution < -0.4 is 10.6 Å². The molecular formula is C14H20ClFN2O. The van der Waals surface area contributed by atoms with Crippen molar-refractivity contribution in [3.8, 4) is 0 Å². The van der Waals surface area contributed by atoms with E-state index in [9.17, 15) is 9.18 Å². The van der Waals surface area contributed by atoms with E-state index in [1.807, 2.05) is 6.92 Å². The smallest absolute Gasteiger partial charge is 0.254 e. The molecule has 1 heterocycles. The van der Waals surface area contributed by atoms with Crippen LogP contribution in [0.4, 0.5) is 4.39 Å². The van der Waals surface area contributed by atoms with Crippen LogP contribution in [0.15, 0.2) is 18.2 Å². The number of benzene rings is 1. The highest BCUT2D eigenvalue weighted by Crippen LogP contribution is 2.14. The lowest BCUT2D eigenvalue weighted by atomic mass is 9.94. The van der Waals surface area contributed by atoms with Crippen LogP contribution in [0.3, 0.4) is 0 Å². The molecule has 1 amide bonds. The highest BCUT2D eigenvalue weighted by molar-refractivity contribution is 5.94. The van der Waals surface area contributed by atoms with Gasteiger partial charge < -0.3 is 10.6 Å². The summed E-state index contributed by atoms with van der Waals surface area (Å²) in [4.78, 5) is 12.1. The first kappa shape index (κ1) is 15.9. The van der Waals surface area contributed by atoms with Crippen LogP contribution in [0.25, 0.3) is 0 Å². The lowest BCUT2D eigenvalue weighted by Gasteiger charge is -2.30. The van der Waals surface area contributed by atoms with Gasteiger partial charge in [0.1, 0.15) is 5.82 Å². The van der Waals surface area contributed by atoms with Gasteiger partial charge in [0.15, 0.2) is 0 Å². The van der Waals surface area contributed by atoms with E-state index in [0.717, 1.165) is 25.1 Å². The van der Waals surface area contributed by atoms with Gasteiger partial charge in [-0.25, -0.2) is 4.39 Å². The minimum absolute atomic E-state index is 0. The van der Waals surface area contributed by atoms with Crippen molar-refractivity contribution in [3.05, 3.63) is 35.1 Å². The third kappa shape index (κ3) is 3.91. The van der Waals surface area contributed by atoms with E-state index >= 15 is 0 Å². The second-order valence-corrected chi connectivity index (χ2v) is 5.03. The molecule has 2 N–H and O–H groups in total. The van der Waals surface area contributed by atoms with Crippen LogP contribution in [0, 0.1) is 18.7 Å². The molecule has 0 saturated carbocycles. The van der Waals surface area contributed by atoms with E-state index in [-0.39, 0.29) is 29.9 Å². The first-order valence-corrected chi connectivity index (χ1v) is 6.35. The Balaban J connectivity index is 0.00000180. The molecule has 1 fully saturated rings. The molecule has 0 aromatic heterocycles. The summed E-state index contributed by atoms with van der Waals surface area (Å²) in [5, 5.41) is 6.15. The summed E-state index contributed by atoms with van der Waals surface area (Å²) in [5.41, 5.74) is 1.02. The summed E-state index contributed by atoms with van der Waals surface area (Å²) >= 11 is 0. The quantitative estimate of drug-likeness (QED) is 0.876. The van der Waals surface area contributed by atoms with Crippen LogP contribution in [-0.2, 0) is 0 Å². The van der Waals surface area contributed by atoms with Crippen molar-refractivity contribution < 1.29 is 9.18 Å². The van der Waals surface area contributed by atoms with Crippen LogP contribution in [0.5, 0.6) is 0 Å². The van der Waals surface area contributed by atoms with Crippen LogP contribution in [0.1, 0.15) is 29.3 Å². The molecule has 0 aliphatic carbocycles. The summed E-state index contributed by atoms with van der Waals surface area (Å²) in [6.45, 7) is 5.69. The lowest BCUT2D eigenvalue weighted by Crippen LogP contribution is -2.50. The molecule has 1 aromatic rings. The number of amides is 1. The van der Waals surface area contributed by atoms with Gasteiger partial charge in [0.05, 0.1) is 5.56 Å². The number of nitrogens with one attached hydrogen (secondary N) is 2. The summed E-state index contributed by atoms with van der Waals surface area (Å²) in [6.07, 6.45) is 1.03. The second-order valence-electron chi connectivity index (χ2n) is 5.03. The maximum atomic E-state index is 13.6. The van der Waals surface area contributed by atoms with E-state index < -0.39 is 5.82 Å². The Morgan fingerprint density at radius 3 is 2.89 bits per heavy atom. The number of aryl methyl sites for hydroxylation is 1. The van der Waals surface area contributed by atoms with Crippen molar-refractivity contribution in [1.82, 2.24) is 10.6 Å². The largest absolute Gasteiger partial charge is 0.348 e. The molecule has 5 heteroatoms. The number of hydrogen-bond acceptors (Lipinski definition) is 2. The Hall–Kier alpha value is -1.13. The van der Waals surface area contributed by atoms with Crippen molar-refractivity contribution in [2.24, 2.45) is 5.92 Å². The first-order chi connectivity index (χ1) is 8.58. The lowest BCUT2D eigenvalue weighted by molar-refractivity contribution is 0.0911. The second kappa shape index (κ2) is 6.87. The normalized spacial score (nSPS) is 22.5. The molecule has 1 aliphatic rings. The molecule has 106 valence electrons. The number of halogens is 2. The number of carbonyl (C=O) groups is 1. The number of hydrogen-bond donors (Lipinski definition) is 2. The molecule has 1 aliphatic heterocycles. The number of rotatable bonds is 2. The van der Waals surface area contributed by atoms with Crippen LogP contribution in [0.2, 0.25) is 0 Å². The molecule has 2 rings (SSSR count). The van der Waals surface area contributed by atoms with Crippen LogP contribution >= 0.6 is 12.4 Å². The summed E-state index contributed by atoms with van der Waals surface area (Å²) < 4.78 is 13.6. The van der Waals surface area contributed by atoms with Gasteiger partial charge in [0.2, 0.25) is 0 Å². The third-order valence-corrected chi connectivity index (χ3v) is 3.51. The molecule has 2 unspecified atom stereocenters. The van der Waals surface area contributed by atoms with Crippen molar-refractivity contribution in [1.29, 1.82) is 0 Å². The van der Waals surface area contributed by atoms with Gasteiger partial charge in [0, 0.05) is 12.6 Å². The highest BCUT2D eigenvalue weighted by atomic mass is 35.5. The van der Waals surface area contributed by atoms with Gasteiger partial charge in [-0.1, -0.05) is 18.6 Å². The summed E-state index contributed by atoms with van der Waals surface area (Å²) in [5.74, 6) is -0.366. The average Bonchev–Trinajstić information content (AvgIpc) is 2.35. The van der Waals surface area contributed by atoms with Crippen LogP contribution in [-0.4, -0.2) is 25.0 Å². The zero-order valence-electron chi connectivity index (χ0n) is 11.2. The summed E-state index contributed by atoms with van der Waals surface area (Å²) in [6, 6.07) is 4.67. The monoisotopic (exact) mass is 286 g/mol. The van der Waals surface area contributed by atoms with Gasteiger partial charge in [-0.15, -0.1) is 12.4 Å². The molecule has 0 bridgehead atoms. The van der Waals surface area contributed by atoms with Crippen molar-refractivity contribution in [3.63, 3.8) is 0 Å². The maximum Gasteiger partial charge on any atom is 0.254 e. The molecule has 0 radical (unpaired) electrons. The van der Waals surface area contributed by atoms with Gasteiger partial charge >= 0.3 is 0 Å². The van der Waals surface area contributed by atoms with Crippen molar-refractivity contribution in [2.45, 2.75) is 26.3 Å². The first-order valence-electron chi connectivity index (χ1n) is 6.35. The molecular weight excluding hydrogens is 267 g/mol. The van der Waals surface area contributed by atoms with E-state index in [1.54, 1.807) is 12.1 Å². The fourth-order valence-corrected chi connectivity index (χ4v) is 2.24. The molecule has 3 nitrogen and oxygen atoms in total. The Kier molecular flexibility index (Phi) is 5.76. The Morgan fingerprint density at radius 1 is 1.47 bits per heavy atom. The van der Waals surface area contributed by atoms with Crippen molar-refractivity contribution in [2.75, 3.05) is 13.1 Å². The zero-order chi connectivity index (χ0) is 13.1. The maximum absolute atomic E-state index is 13.6. The third-order valence-electron chi connectivity index (χ3n) is 3.51. The minimum Gasteiger partial charge on any atom is -0.348 e. The fourth-order valence-electron chi connectivity index (χ4n) is 2.24. The Labute approximate surface area is 119 Å². The van der Waals surface area contributed by atoms with Crippen molar-refractivity contribution >= 4 is 18.3 Å². The number of carbonyl (C=O) groups excluding carboxylic acids is 1. The molecule has 1 aromatic carbocycles. The molecule has 0 spiro atoms. The van der Waals surface area contributed by atoms with Gasteiger partial charge in [-0.3, -0.25) is 4.79 Å². The summed E-state index contributed by atoms with van der Waals surface area (Å²) in [7, 11) is 0. The fraction of sp³-hybridized carbons (Fsp3) is 0.500. The van der Waals surface area contributed by atoms with Gasteiger partial charge in [-0.05, 0) is 37.9 Å². The Bertz CT molecular complexity index is 453. The Morgan fingerprint density at radius 2 is 2.21 bits per heavy atom. The topological polar surface area (TPSA) is 41.1 Å². The predicted octanol–water partition coefficient (Wildman–Crippen LogP) is 2.28. The van der Waals surface area contributed by atoms with E-state index in [4.69, 9.17) is 0 Å². The molecule has 19 heavy (non-hydrogen) atoms. The van der Waals surface area contributed by atoms with E-state index in [1.165, 1.54) is 6.07 Å². The average molecular weight is 287 g/mol. The molecule has 1 saturated heterocycles. The van der Waals surface area contributed by atoms with E-state index in [0.29, 0.717) is 5.92 Å². The predicted molar refractivity (Wildman–Crippen MR) is 76.3 cm³/mol.